The van der Waals surface area contributed by atoms with Crippen molar-refractivity contribution in [2.75, 3.05) is 0 Å². The minimum absolute atomic E-state index is 0.0104. The molecule has 392 valence electrons. The highest BCUT2D eigenvalue weighted by atomic mass is 16.3. The van der Waals surface area contributed by atoms with Gasteiger partial charge in [0.25, 0.3) is 0 Å². The monoisotopic (exact) mass is 941 g/mol. The van der Waals surface area contributed by atoms with Crippen LogP contribution in [0.4, 0.5) is 0 Å². The molecule has 0 aromatic rings. The van der Waals surface area contributed by atoms with Crippen molar-refractivity contribution in [3.8, 4) is 0 Å². The summed E-state index contributed by atoms with van der Waals surface area (Å²) in [5.41, 5.74) is 3.66. The summed E-state index contributed by atoms with van der Waals surface area (Å²) in [4.78, 5) is 0. The van der Waals surface area contributed by atoms with Gasteiger partial charge in [-0.2, -0.15) is 0 Å². The molecule has 0 bridgehead atoms. The Morgan fingerprint density at radius 3 is 1.75 bits per heavy atom. The third kappa shape index (κ3) is 11.8. The van der Waals surface area contributed by atoms with Gasteiger partial charge in [-0.1, -0.05) is 189 Å². The van der Waals surface area contributed by atoms with Crippen LogP contribution in [0.25, 0.3) is 0 Å². The molecule has 68 heavy (non-hydrogen) atoms. The Balaban J connectivity index is 0.000000201. The molecule has 8 rings (SSSR count). The summed E-state index contributed by atoms with van der Waals surface area (Å²) in [5.74, 6) is 11.8. The van der Waals surface area contributed by atoms with Gasteiger partial charge in [0.2, 0.25) is 0 Å². The first-order chi connectivity index (χ1) is 32.7. The Morgan fingerprint density at radius 1 is 0.544 bits per heavy atom. The maximum absolute atomic E-state index is 10.3. The lowest BCUT2D eigenvalue weighted by molar-refractivity contribution is -0.129. The van der Waals surface area contributed by atoms with Gasteiger partial charge in [0, 0.05) is 0 Å². The van der Waals surface area contributed by atoms with E-state index in [9.17, 15) is 10.2 Å². The van der Waals surface area contributed by atoms with Crippen LogP contribution in [0.5, 0.6) is 0 Å². The number of allylic oxidation sites excluding steroid dienone is 3. The molecular weight excluding hydrogens is 825 g/mol. The molecule has 2 heteroatoms. The fraction of sp³-hybridized carbons (Fsp3) is 0.939. The molecule has 2 nitrogen and oxygen atoms in total. The second-order valence-electron chi connectivity index (χ2n) is 27.9. The van der Waals surface area contributed by atoms with Crippen LogP contribution in [-0.2, 0) is 0 Å². The molecular formula is C66H116O2. The van der Waals surface area contributed by atoms with E-state index in [2.05, 4.69) is 87.5 Å². The Bertz CT molecular complexity index is 1560. The lowest BCUT2D eigenvalue weighted by Crippen LogP contribution is -2.54. The molecule has 0 saturated heterocycles. The summed E-state index contributed by atoms with van der Waals surface area (Å²) >= 11 is 0. The topological polar surface area (TPSA) is 40.5 Å². The van der Waals surface area contributed by atoms with Gasteiger partial charge < -0.3 is 10.2 Å². The Kier molecular flexibility index (Phi) is 20.0. The van der Waals surface area contributed by atoms with E-state index in [4.69, 9.17) is 0 Å². The predicted molar refractivity (Wildman–Crippen MR) is 293 cm³/mol. The van der Waals surface area contributed by atoms with Gasteiger partial charge in [0.05, 0.1) is 12.2 Å². The molecule has 0 amide bonds. The smallest absolute Gasteiger partial charge is 0.0577 e. The van der Waals surface area contributed by atoms with Gasteiger partial charge in [0.15, 0.2) is 0 Å². The molecule has 1 unspecified atom stereocenters. The minimum atomic E-state index is -0.0863. The molecule has 0 spiro atoms. The van der Waals surface area contributed by atoms with Crippen molar-refractivity contribution in [1.82, 2.24) is 0 Å². The number of hydrogen-bond acceptors (Lipinski definition) is 2. The summed E-state index contributed by atoms with van der Waals surface area (Å²) in [6, 6.07) is 0. The highest BCUT2D eigenvalue weighted by Crippen LogP contribution is 2.69. The first kappa shape index (κ1) is 55.2. The molecule has 2 N–H and O–H groups in total. The maximum atomic E-state index is 10.3. The predicted octanol–water partition coefficient (Wildman–Crippen LogP) is 19.3. The van der Waals surface area contributed by atoms with Crippen LogP contribution in [0, 0.1) is 98.6 Å². The highest BCUT2D eigenvalue weighted by molar-refractivity contribution is 5.25. The van der Waals surface area contributed by atoms with Crippen LogP contribution >= 0.6 is 0 Å². The standard InChI is InChI=1S/C33H60O.C33H56O/c2*1-6-8-12-25(13-9-7-2)14-10-11-24(3)29-17-18-30-28-16-15-26-23-27(34)19-21-32(26,4)31(28)20-22-33(29,30)5/h24-31,34H,6-23H2,1-5H3;10-11,15,24-25,27-31,34H,6-9,12-14,16-23H2,1-5H3/b;11-10+/t24-,26?,27+,28+,29-,30+,31+,32+,33-;24-,27+,28+,29-,30+,31+,32+,33-/m11/s1. The Hall–Kier alpha value is -0.600. The molecule has 7 saturated carbocycles. The van der Waals surface area contributed by atoms with E-state index in [0.717, 1.165) is 103 Å². The second-order valence-corrected chi connectivity index (χ2v) is 27.9. The molecule has 8 aliphatic carbocycles. The lowest BCUT2D eigenvalue weighted by atomic mass is 9.44. The average Bonchev–Trinajstić information content (AvgIpc) is 3.88. The minimum Gasteiger partial charge on any atom is -0.393 e. The Labute approximate surface area is 424 Å². The second kappa shape index (κ2) is 24.6. The zero-order chi connectivity index (χ0) is 48.7. The zero-order valence-corrected chi connectivity index (χ0v) is 47.1. The van der Waals surface area contributed by atoms with Crippen molar-refractivity contribution in [1.29, 1.82) is 0 Å². The normalized spacial score (nSPS) is 41.7. The molecule has 0 radical (unpaired) electrons. The fourth-order valence-corrected chi connectivity index (χ4v) is 20.1. The fourth-order valence-electron chi connectivity index (χ4n) is 20.1. The lowest BCUT2D eigenvalue weighted by Gasteiger charge is -2.61. The number of fused-ring (bicyclic) bond motifs is 10. The first-order valence-corrected chi connectivity index (χ1v) is 31.4. The summed E-state index contributed by atoms with van der Waals surface area (Å²) in [6.45, 7) is 25.2. The van der Waals surface area contributed by atoms with Gasteiger partial charge in [-0.25, -0.2) is 0 Å². The summed E-state index contributed by atoms with van der Waals surface area (Å²) in [5, 5.41) is 20.6. The van der Waals surface area contributed by atoms with Gasteiger partial charge in [0.1, 0.15) is 0 Å². The highest BCUT2D eigenvalue weighted by Gasteiger charge is 2.61. The molecule has 17 atom stereocenters. The van der Waals surface area contributed by atoms with E-state index in [0.29, 0.717) is 21.7 Å². The van der Waals surface area contributed by atoms with Crippen molar-refractivity contribution >= 4 is 0 Å². The van der Waals surface area contributed by atoms with Crippen LogP contribution in [0.2, 0.25) is 0 Å². The summed E-state index contributed by atoms with van der Waals surface area (Å²) in [6.07, 6.45) is 52.9. The van der Waals surface area contributed by atoms with Crippen LogP contribution < -0.4 is 0 Å². The molecule has 0 heterocycles. The summed E-state index contributed by atoms with van der Waals surface area (Å²) in [7, 11) is 0. The van der Waals surface area contributed by atoms with Crippen LogP contribution in [-0.4, -0.2) is 22.4 Å². The third-order valence-corrected chi connectivity index (χ3v) is 24.2. The largest absolute Gasteiger partial charge is 0.393 e. The SMILES string of the molecule is CCCCC(C/C=C/[C@@H](C)[C@H]1CC[C@H]2[C@@H]3CC=C4C[C@@H](O)CC[C@]4(C)[C@H]3CC[C@]12C)CCCC.CCCCC(CCCC)CCC[C@@H](C)[C@H]1CC[C@H]2[C@@H]3CCC4C[C@@H](O)CC[C@]4(C)[C@H]3CC[C@]12C. The van der Waals surface area contributed by atoms with Crippen LogP contribution in [0.3, 0.4) is 0 Å². The number of aliphatic hydroxyl groups is 2. The van der Waals surface area contributed by atoms with E-state index in [-0.39, 0.29) is 12.2 Å². The average molecular weight is 942 g/mol. The van der Waals surface area contributed by atoms with Crippen molar-refractivity contribution in [3.05, 3.63) is 23.8 Å². The van der Waals surface area contributed by atoms with Gasteiger partial charge in [-0.3, -0.25) is 0 Å². The molecule has 7 fully saturated rings. The number of unbranched alkanes of at least 4 members (excludes halogenated alkanes) is 4. The third-order valence-electron chi connectivity index (χ3n) is 24.2. The van der Waals surface area contributed by atoms with Crippen LogP contribution in [0.1, 0.15) is 281 Å². The van der Waals surface area contributed by atoms with E-state index < -0.39 is 0 Å². The van der Waals surface area contributed by atoms with E-state index in [1.54, 1.807) is 5.57 Å². The first-order valence-electron chi connectivity index (χ1n) is 31.4. The quantitative estimate of drug-likeness (QED) is 0.113. The van der Waals surface area contributed by atoms with E-state index >= 15 is 0 Å². The van der Waals surface area contributed by atoms with Crippen LogP contribution in [0.15, 0.2) is 23.8 Å². The molecule has 0 aliphatic heterocycles. The van der Waals surface area contributed by atoms with E-state index in [1.807, 2.05) is 0 Å². The molecule has 0 aromatic heterocycles. The van der Waals surface area contributed by atoms with Gasteiger partial charge in [-0.15, -0.1) is 0 Å². The van der Waals surface area contributed by atoms with Gasteiger partial charge >= 0.3 is 0 Å². The van der Waals surface area contributed by atoms with Crippen molar-refractivity contribution in [2.24, 2.45) is 98.6 Å². The molecule has 8 aliphatic rings. The number of aliphatic hydroxyl groups excluding tert-OH is 2. The molecule has 0 aromatic carbocycles. The van der Waals surface area contributed by atoms with Crippen molar-refractivity contribution < 1.29 is 10.2 Å². The summed E-state index contributed by atoms with van der Waals surface area (Å²) < 4.78 is 0. The van der Waals surface area contributed by atoms with Crippen molar-refractivity contribution in [2.45, 2.75) is 293 Å². The van der Waals surface area contributed by atoms with Crippen molar-refractivity contribution in [3.63, 3.8) is 0 Å². The van der Waals surface area contributed by atoms with E-state index in [1.165, 1.54) is 186 Å². The zero-order valence-electron chi connectivity index (χ0n) is 47.1. The number of rotatable bonds is 21. The maximum Gasteiger partial charge on any atom is 0.0577 e. The van der Waals surface area contributed by atoms with Gasteiger partial charge in [-0.05, 0) is 214 Å². The number of hydrogen-bond donors (Lipinski definition) is 2. The Morgan fingerprint density at radius 2 is 1.09 bits per heavy atom.